The summed E-state index contributed by atoms with van der Waals surface area (Å²) in [6.07, 6.45) is 2.58. The molecule has 1 N–H and O–H groups in total. The zero-order valence-corrected chi connectivity index (χ0v) is 29.1. The Morgan fingerprint density at radius 3 is 2.57 bits per heavy atom. The molecule has 13 heteroatoms. The highest BCUT2D eigenvalue weighted by Gasteiger charge is 2.47. The predicted octanol–water partition coefficient (Wildman–Crippen LogP) is 7.24. The molecule has 0 spiro atoms. The smallest absolute Gasteiger partial charge is 0.420 e. The fourth-order valence-electron chi connectivity index (χ4n) is 6.68. The predicted molar refractivity (Wildman–Crippen MR) is 180 cm³/mol. The van der Waals surface area contributed by atoms with Crippen LogP contribution < -0.4 is 9.80 Å². The molecule has 0 saturated carbocycles. The number of benzene rings is 1. The van der Waals surface area contributed by atoms with E-state index >= 15 is 0 Å². The van der Waals surface area contributed by atoms with Gasteiger partial charge in [0, 0.05) is 18.7 Å². The number of thiazole rings is 1. The summed E-state index contributed by atoms with van der Waals surface area (Å²) in [5.74, 6) is 1.35. The second-order valence-electron chi connectivity index (χ2n) is 13.6. The summed E-state index contributed by atoms with van der Waals surface area (Å²) in [4.78, 5) is 41.8. The summed E-state index contributed by atoms with van der Waals surface area (Å²) >= 11 is 3.80. The van der Waals surface area contributed by atoms with Crippen molar-refractivity contribution >= 4 is 79.3 Å². The number of nitrogens with zero attached hydrogens (tertiary/aromatic N) is 7. The minimum absolute atomic E-state index is 0.0732. The zero-order chi connectivity index (χ0) is 31.7. The van der Waals surface area contributed by atoms with Crippen molar-refractivity contribution in [3.8, 4) is 0 Å². The first-order valence-corrected chi connectivity index (χ1v) is 16.8. The van der Waals surface area contributed by atoms with E-state index in [-0.39, 0.29) is 17.5 Å². The molecule has 0 radical (unpaired) electrons. The monoisotopic (exact) mass is 731 g/mol. The minimum Gasteiger partial charge on any atom is -0.465 e. The third-order valence-corrected chi connectivity index (χ3v) is 9.88. The van der Waals surface area contributed by atoms with Crippen LogP contribution in [0.3, 0.4) is 0 Å². The lowest BCUT2D eigenvalue weighted by molar-refractivity contribution is 0.0454. The maximum Gasteiger partial charge on any atom is 0.420 e. The van der Waals surface area contributed by atoms with Crippen LogP contribution in [0.2, 0.25) is 0 Å². The van der Waals surface area contributed by atoms with E-state index in [0.29, 0.717) is 36.7 Å². The van der Waals surface area contributed by atoms with E-state index < -0.39 is 17.8 Å². The summed E-state index contributed by atoms with van der Waals surface area (Å²) in [6, 6.07) is 5.50. The van der Waals surface area contributed by atoms with Crippen LogP contribution >= 0.6 is 33.9 Å². The SMILES string of the molecule is Cc1nc2ccc(N(C(=O)OC(C)(C)C)c3c4c(nc5c(I)cnn35)N(C3CCCN(C(=O)O)[C@H]3C(C)(C)C)CC4)cc2s1. The Hall–Kier alpha value is -3.20. The van der Waals surface area contributed by atoms with Gasteiger partial charge >= 0.3 is 12.2 Å². The number of hydrogen-bond donors (Lipinski definition) is 1. The van der Waals surface area contributed by atoms with Gasteiger partial charge < -0.3 is 19.6 Å². The van der Waals surface area contributed by atoms with E-state index in [9.17, 15) is 14.7 Å². The Bertz CT molecular complexity index is 1770. The molecule has 3 aromatic heterocycles. The van der Waals surface area contributed by atoms with Gasteiger partial charge in [-0.15, -0.1) is 11.3 Å². The number of carbonyl (C=O) groups excluding carboxylic acids is 1. The maximum atomic E-state index is 14.2. The Kier molecular flexibility index (Phi) is 7.70. The molecule has 1 aromatic carbocycles. The molecular formula is C31H38IN7O4S. The molecule has 0 bridgehead atoms. The van der Waals surface area contributed by atoms with Crippen molar-refractivity contribution in [1.82, 2.24) is 24.5 Å². The number of carboxylic acid groups (broad SMARTS) is 1. The highest BCUT2D eigenvalue weighted by molar-refractivity contribution is 14.1. The first-order chi connectivity index (χ1) is 20.6. The van der Waals surface area contributed by atoms with E-state index in [0.717, 1.165) is 43.0 Å². The van der Waals surface area contributed by atoms with Crippen LogP contribution in [0.1, 0.15) is 65.0 Å². The number of ether oxygens (including phenoxy) is 1. The lowest BCUT2D eigenvalue weighted by Crippen LogP contribution is -2.61. The minimum atomic E-state index is -0.895. The molecule has 2 aliphatic heterocycles. The van der Waals surface area contributed by atoms with Crippen LogP contribution in [-0.4, -0.2) is 72.5 Å². The average Bonchev–Trinajstić information content (AvgIpc) is 3.62. The highest BCUT2D eigenvalue weighted by atomic mass is 127. The van der Waals surface area contributed by atoms with Gasteiger partial charge in [0.05, 0.1) is 42.8 Å². The van der Waals surface area contributed by atoms with Crippen LogP contribution in [0, 0.1) is 15.9 Å². The van der Waals surface area contributed by atoms with E-state index in [1.807, 2.05) is 45.9 Å². The summed E-state index contributed by atoms with van der Waals surface area (Å²) in [6.45, 7) is 15.0. The van der Waals surface area contributed by atoms with Crippen LogP contribution in [0.25, 0.3) is 15.9 Å². The number of amides is 2. The van der Waals surface area contributed by atoms with Gasteiger partial charge in [0.15, 0.2) is 11.5 Å². The first-order valence-electron chi connectivity index (χ1n) is 14.9. The van der Waals surface area contributed by atoms with E-state index in [4.69, 9.17) is 14.8 Å². The number of anilines is 3. The Morgan fingerprint density at radius 2 is 1.89 bits per heavy atom. The average molecular weight is 732 g/mol. The van der Waals surface area contributed by atoms with Crippen molar-refractivity contribution in [1.29, 1.82) is 0 Å². The van der Waals surface area contributed by atoms with E-state index in [1.54, 1.807) is 31.8 Å². The first kappa shape index (κ1) is 30.8. The quantitative estimate of drug-likeness (QED) is 0.219. The molecule has 11 nitrogen and oxygen atoms in total. The lowest BCUT2D eigenvalue weighted by atomic mass is 9.77. The number of fused-ring (bicyclic) bond motifs is 3. The van der Waals surface area contributed by atoms with Gasteiger partial charge in [0.1, 0.15) is 11.4 Å². The number of hydrogen-bond acceptors (Lipinski definition) is 8. The van der Waals surface area contributed by atoms with Crippen molar-refractivity contribution < 1.29 is 19.4 Å². The molecule has 4 aromatic rings. The molecular weight excluding hydrogens is 693 g/mol. The van der Waals surface area contributed by atoms with Gasteiger partial charge in [0.2, 0.25) is 0 Å². The van der Waals surface area contributed by atoms with Gasteiger partial charge in [0.25, 0.3) is 0 Å². The van der Waals surface area contributed by atoms with Gasteiger partial charge in [-0.05, 0) is 93.2 Å². The standard InChI is InChI=1S/C31H38IN7O4S/c1-17-34-21-11-10-18(15-23(21)44-17)38(29(42)43-31(5,6)7)27-19-12-14-36(25(19)35-26-20(32)16-33-39(26)27)22-9-8-13-37(28(40)41)24(22)30(2,3)4/h10-11,15-16,22,24H,8-9,12-14H2,1-7H3,(H,40,41)/t22?,24-/m1/s1. The topological polar surface area (TPSA) is 116 Å². The van der Waals surface area contributed by atoms with Crippen molar-refractivity contribution in [3.63, 3.8) is 0 Å². The number of carbonyl (C=O) groups is 2. The Labute approximate surface area is 274 Å². The van der Waals surface area contributed by atoms with Gasteiger partial charge in [-0.1, -0.05) is 20.8 Å². The fraction of sp³-hybridized carbons (Fsp3) is 0.516. The molecule has 44 heavy (non-hydrogen) atoms. The summed E-state index contributed by atoms with van der Waals surface area (Å²) in [7, 11) is 0. The summed E-state index contributed by atoms with van der Waals surface area (Å²) in [5.41, 5.74) is 2.00. The molecule has 2 amide bonds. The van der Waals surface area contributed by atoms with E-state index in [1.165, 1.54) is 0 Å². The number of halogens is 1. The highest BCUT2D eigenvalue weighted by Crippen LogP contribution is 2.44. The van der Waals surface area contributed by atoms with Crippen molar-refractivity contribution in [3.05, 3.63) is 38.5 Å². The molecule has 2 aliphatic rings. The third kappa shape index (κ3) is 5.46. The number of aromatic nitrogens is 4. The molecule has 1 saturated heterocycles. The van der Waals surface area contributed by atoms with Crippen molar-refractivity contribution in [2.75, 3.05) is 22.9 Å². The van der Waals surface area contributed by atoms with Crippen LogP contribution in [0.5, 0.6) is 0 Å². The normalized spacial score (nSPS) is 19.1. The third-order valence-electron chi connectivity index (χ3n) is 8.19. The second-order valence-corrected chi connectivity index (χ2v) is 16.0. The molecule has 234 valence electrons. The maximum absolute atomic E-state index is 14.2. The Morgan fingerprint density at radius 1 is 1.14 bits per heavy atom. The number of aryl methyl sites for hydroxylation is 1. The number of rotatable bonds is 3. The van der Waals surface area contributed by atoms with Crippen LogP contribution in [-0.2, 0) is 11.2 Å². The van der Waals surface area contributed by atoms with Crippen LogP contribution in [0.15, 0.2) is 24.4 Å². The Balaban J connectivity index is 1.56. The fourth-order valence-corrected chi connectivity index (χ4v) is 8.01. The van der Waals surface area contributed by atoms with Crippen molar-refractivity contribution in [2.24, 2.45) is 5.41 Å². The molecule has 0 aliphatic carbocycles. The summed E-state index contributed by atoms with van der Waals surface area (Å²) in [5, 5.41) is 15.8. The number of likely N-dealkylation sites (tertiary alicyclic amines) is 1. The second kappa shape index (κ2) is 11.0. The number of piperidine rings is 1. The molecule has 5 heterocycles. The van der Waals surface area contributed by atoms with Crippen molar-refractivity contribution in [2.45, 2.75) is 85.4 Å². The van der Waals surface area contributed by atoms with Gasteiger partial charge in [-0.3, -0.25) is 0 Å². The molecule has 6 rings (SSSR count). The van der Waals surface area contributed by atoms with Gasteiger partial charge in [-0.25, -0.2) is 24.5 Å². The van der Waals surface area contributed by atoms with Gasteiger partial charge in [-0.2, -0.15) is 9.61 Å². The van der Waals surface area contributed by atoms with Crippen LogP contribution in [0.4, 0.5) is 26.9 Å². The molecule has 1 fully saturated rings. The lowest BCUT2D eigenvalue weighted by Gasteiger charge is -2.50. The molecule has 2 atom stereocenters. The zero-order valence-electron chi connectivity index (χ0n) is 26.1. The molecule has 1 unspecified atom stereocenters. The summed E-state index contributed by atoms with van der Waals surface area (Å²) < 4.78 is 9.57. The largest absolute Gasteiger partial charge is 0.465 e. The van der Waals surface area contributed by atoms with E-state index in [2.05, 4.69) is 53.2 Å².